The molecule has 2 rings (SSSR count). The third-order valence-electron chi connectivity index (χ3n) is 2.26. The standard InChI is InChI=1S/C13H10FNO2/c14-12-3-1-2-11(8-16)13(12)17-9-10-4-6-15-7-5-10/h1-8H,9H2. The van der Waals surface area contributed by atoms with Gasteiger partial charge in [-0.25, -0.2) is 4.39 Å². The van der Waals surface area contributed by atoms with Crippen LogP contribution >= 0.6 is 0 Å². The molecule has 3 nitrogen and oxygen atoms in total. The number of ether oxygens (including phenoxy) is 1. The van der Waals surface area contributed by atoms with Crippen LogP contribution in [0.25, 0.3) is 0 Å². The zero-order valence-electron chi connectivity index (χ0n) is 8.97. The van der Waals surface area contributed by atoms with Gasteiger partial charge in [0.2, 0.25) is 0 Å². The fraction of sp³-hybridized carbons (Fsp3) is 0.0769. The first kappa shape index (κ1) is 11.3. The van der Waals surface area contributed by atoms with Crippen LogP contribution in [0.5, 0.6) is 5.75 Å². The Morgan fingerprint density at radius 2 is 2.00 bits per heavy atom. The number of carbonyl (C=O) groups excluding carboxylic acids is 1. The van der Waals surface area contributed by atoms with Gasteiger partial charge in [-0.15, -0.1) is 0 Å². The van der Waals surface area contributed by atoms with Crippen LogP contribution in [0, 0.1) is 5.82 Å². The fourth-order valence-electron chi connectivity index (χ4n) is 1.41. The van der Waals surface area contributed by atoms with E-state index in [1.165, 1.54) is 18.2 Å². The fourth-order valence-corrected chi connectivity index (χ4v) is 1.41. The van der Waals surface area contributed by atoms with E-state index in [0.29, 0.717) is 6.29 Å². The van der Waals surface area contributed by atoms with Crippen LogP contribution in [0.1, 0.15) is 15.9 Å². The number of aldehydes is 1. The zero-order valence-corrected chi connectivity index (χ0v) is 8.97. The van der Waals surface area contributed by atoms with Crippen LogP contribution in [-0.4, -0.2) is 11.3 Å². The molecule has 0 saturated carbocycles. The molecule has 1 heterocycles. The molecular formula is C13H10FNO2. The third-order valence-corrected chi connectivity index (χ3v) is 2.26. The molecule has 0 atom stereocenters. The molecule has 0 aliphatic heterocycles. The quantitative estimate of drug-likeness (QED) is 0.759. The Labute approximate surface area is 97.9 Å². The van der Waals surface area contributed by atoms with Gasteiger partial charge >= 0.3 is 0 Å². The molecule has 0 unspecified atom stereocenters. The van der Waals surface area contributed by atoms with Crippen molar-refractivity contribution in [3.05, 3.63) is 59.7 Å². The first-order valence-electron chi connectivity index (χ1n) is 5.06. The zero-order chi connectivity index (χ0) is 12.1. The minimum atomic E-state index is -0.538. The number of benzene rings is 1. The van der Waals surface area contributed by atoms with Crippen LogP contribution in [0.4, 0.5) is 4.39 Å². The Hall–Kier alpha value is -2.23. The van der Waals surface area contributed by atoms with Crippen molar-refractivity contribution in [2.75, 3.05) is 0 Å². The van der Waals surface area contributed by atoms with Gasteiger partial charge in [-0.05, 0) is 29.8 Å². The second-order valence-electron chi connectivity index (χ2n) is 3.42. The molecule has 0 aliphatic rings. The first-order chi connectivity index (χ1) is 8.31. The number of hydrogen-bond donors (Lipinski definition) is 0. The highest BCUT2D eigenvalue weighted by atomic mass is 19.1. The van der Waals surface area contributed by atoms with E-state index in [9.17, 15) is 9.18 Å². The molecule has 17 heavy (non-hydrogen) atoms. The average Bonchev–Trinajstić information content (AvgIpc) is 2.38. The van der Waals surface area contributed by atoms with Crippen molar-refractivity contribution in [2.24, 2.45) is 0 Å². The predicted molar refractivity (Wildman–Crippen MR) is 60.4 cm³/mol. The van der Waals surface area contributed by atoms with Gasteiger partial charge in [0.05, 0.1) is 5.56 Å². The summed E-state index contributed by atoms with van der Waals surface area (Å²) in [7, 11) is 0. The number of nitrogens with zero attached hydrogens (tertiary/aromatic N) is 1. The molecule has 2 aromatic rings. The summed E-state index contributed by atoms with van der Waals surface area (Å²) in [5.41, 5.74) is 1.07. The lowest BCUT2D eigenvalue weighted by Gasteiger charge is -2.08. The second kappa shape index (κ2) is 5.21. The minimum absolute atomic E-state index is 0.0145. The molecule has 0 radical (unpaired) electrons. The summed E-state index contributed by atoms with van der Waals surface area (Å²) >= 11 is 0. The van der Waals surface area contributed by atoms with Gasteiger partial charge < -0.3 is 4.74 Å². The van der Waals surface area contributed by atoms with Crippen molar-refractivity contribution < 1.29 is 13.9 Å². The highest BCUT2D eigenvalue weighted by Gasteiger charge is 2.09. The summed E-state index contributed by atoms with van der Waals surface area (Å²) in [5.74, 6) is -0.553. The SMILES string of the molecule is O=Cc1cccc(F)c1OCc1ccncc1. The Bertz CT molecular complexity index is 514. The van der Waals surface area contributed by atoms with Gasteiger partial charge in [0.15, 0.2) is 17.9 Å². The van der Waals surface area contributed by atoms with Gasteiger partial charge in [-0.2, -0.15) is 0 Å². The van der Waals surface area contributed by atoms with Gasteiger partial charge in [-0.3, -0.25) is 9.78 Å². The highest BCUT2D eigenvalue weighted by Crippen LogP contribution is 2.22. The Balaban J connectivity index is 2.16. The number of rotatable bonds is 4. The summed E-state index contributed by atoms with van der Waals surface area (Å²) in [6, 6.07) is 7.77. The lowest BCUT2D eigenvalue weighted by atomic mass is 10.2. The maximum atomic E-state index is 13.4. The number of aromatic nitrogens is 1. The van der Waals surface area contributed by atoms with Crippen molar-refractivity contribution in [1.29, 1.82) is 0 Å². The van der Waals surface area contributed by atoms with Crippen molar-refractivity contribution >= 4 is 6.29 Å². The Kier molecular flexibility index (Phi) is 3.45. The molecule has 4 heteroatoms. The van der Waals surface area contributed by atoms with Crippen molar-refractivity contribution in [3.8, 4) is 5.75 Å². The molecule has 0 saturated heterocycles. The van der Waals surface area contributed by atoms with Gasteiger partial charge in [0.1, 0.15) is 6.61 Å². The van der Waals surface area contributed by atoms with Crippen LogP contribution in [0.15, 0.2) is 42.7 Å². The number of halogens is 1. The van der Waals surface area contributed by atoms with E-state index in [4.69, 9.17) is 4.74 Å². The van der Waals surface area contributed by atoms with Crippen LogP contribution in [0.2, 0.25) is 0 Å². The van der Waals surface area contributed by atoms with E-state index in [-0.39, 0.29) is 17.9 Å². The van der Waals surface area contributed by atoms with Gasteiger partial charge in [-0.1, -0.05) is 6.07 Å². The largest absolute Gasteiger partial charge is 0.485 e. The van der Waals surface area contributed by atoms with Crippen molar-refractivity contribution in [2.45, 2.75) is 6.61 Å². The summed E-state index contributed by atoms with van der Waals surface area (Å²) < 4.78 is 18.8. The number of para-hydroxylation sites is 1. The average molecular weight is 231 g/mol. The molecule has 0 aliphatic carbocycles. The molecule has 0 fully saturated rings. The first-order valence-corrected chi connectivity index (χ1v) is 5.06. The van der Waals surface area contributed by atoms with Gasteiger partial charge in [0, 0.05) is 12.4 Å². The molecule has 86 valence electrons. The number of pyridine rings is 1. The third kappa shape index (κ3) is 2.66. The Morgan fingerprint density at radius 3 is 2.71 bits per heavy atom. The summed E-state index contributed by atoms with van der Waals surface area (Å²) in [6.45, 7) is 0.199. The molecule has 0 spiro atoms. The normalized spacial score (nSPS) is 9.94. The predicted octanol–water partition coefficient (Wildman–Crippen LogP) is 2.61. The second-order valence-corrected chi connectivity index (χ2v) is 3.42. The Morgan fingerprint density at radius 1 is 1.24 bits per heavy atom. The maximum Gasteiger partial charge on any atom is 0.165 e. The minimum Gasteiger partial charge on any atom is -0.485 e. The van der Waals surface area contributed by atoms with Crippen molar-refractivity contribution in [1.82, 2.24) is 4.98 Å². The summed E-state index contributed by atoms with van der Waals surface area (Å²) in [4.78, 5) is 14.6. The van der Waals surface area contributed by atoms with E-state index in [1.807, 2.05) is 0 Å². The topological polar surface area (TPSA) is 39.2 Å². The molecule has 0 N–H and O–H groups in total. The summed E-state index contributed by atoms with van der Waals surface area (Å²) in [5, 5.41) is 0. The smallest absolute Gasteiger partial charge is 0.165 e. The molecule has 0 bridgehead atoms. The number of carbonyl (C=O) groups is 1. The highest BCUT2D eigenvalue weighted by molar-refractivity contribution is 5.79. The lowest BCUT2D eigenvalue weighted by molar-refractivity contribution is 0.111. The molecule has 1 aromatic carbocycles. The van der Waals surface area contributed by atoms with Crippen molar-refractivity contribution in [3.63, 3.8) is 0 Å². The van der Waals surface area contributed by atoms with E-state index >= 15 is 0 Å². The van der Waals surface area contributed by atoms with Crippen LogP contribution in [-0.2, 0) is 6.61 Å². The molecule has 1 aromatic heterocycles. The monoisotopic (exact) mass is 231 g/mol. The van der Waals surface area contributed by atoms with E-state index in [2.05, 4.69) is 4.98 Å². The van der Waals surface area contributed by atoms with Crippen LogP contribution in [0.3, 0.4) is 0 Å². The van der Waals surface area contributed by atoms with Gasteiger partial charge in [0.25, 0.3) is 0 Å². The maximum absolute atomic E-state index is 13.4. The molecule has 0 amide bonds. The summed E-state index contributed by atoms with van der Waals surface area (Å²) in [6.07, 6.45) is 3.83. The lowest BCUT2D eigenvalue weighted by Crippen LogP contribution is -2.00. The van der Waals surface area contributed by atoms with E-state index in [1.54, 1.807) is 24.5 Å². The van der Waals surface area contributed by atoms with E-state index < -0.39 is 5.82 Å². The van der Waals surface area contributed by atoms with E-state index in [0.717, 1.165) is 5.56 Å². The number of hydrogen-bond acceptors (Lipinski definition) is 3. The molecular weight excluding hydrogens is 221 g/mol. The van der Waals surface area contributed by atoms with Crippen LogP contribution < -0.4 is 4.74 Å².